The monoisotopic (exact) mass is 1170 g/mol. The molecule has 0 radical (unpaired) electrons. The lowest BCUT2D eigenvalue weighted by atomic mass is 9.99. The van der Waals surface area contributed by atoms with Crippen LogP contribution in [0.15, 0.2) is 146 Å². The number of aliphatic hydroxyl groups excluding tert-OH is 5. The van der Waals surface area contributed by atoms with Crippen LogP contribution < -0.4 is 5.32 Å². The largest absolute Gasteiger partial charge is 0.394 e. The van der Waals surface area contributed by atoms with E-state index in [0.717, 1.165) is 122 Å². The van der Waals surface area contributed by atoms with E-state index in [9.17, 15) is 30.3 Å². The number of allylic oxidation sites excluding steroid dienone is 23. The Morgan fingerprint density at radius 2 is 0.750 bits per heavy atom. The Morgan fingerprint density at radius 1 is 0.417 bits per heavy atom. The van der Waals surface area contributed by atoms with E-state index in [1.54, 1.807) is 6.08 Å². The van der Waals surface area contributed by atoms with Crippen molar-refractivity contribution in [2.24, 2.45) is 0 Å². The summed E-state index contributed by atoms with van der Waals surface area (Å²) in [5.74, 6) is -0.199. The SMILES string of the molecule is CC/C=C\C/C=C\C/C=C\C/C=C\C/C=C\C/C=C\C/C=C\C/C=C\C/C=C\CCCCCCCCCCCCCC(=O)NC(COC1OC(CO)C(O)C(O)C1O)C(O)/C=C/CC/C=C/CC/C=C/CCCCCCCCCCCCCC. The van der Waals surface area contributed by atoms with Crippen molar-refractivity contribution in [3.63, 3.8) is 0 Å². The van der Waals surface area contributed by atoms with E-state index in [4.69, 9.17) is 9.47 Å². The van der Waals surface area contributed by atoms with E-state index in [1.807, 2.05) is 6.08 Å². The number of unbranched alkanes of at least 4 members (excludes halogenated alkanes) is 25. The Bertz CT molecular complexity index is 1830. The van der Waals surface area contributed by atoms with Crippen LogP contribution >= 0.6 is 0 Å². The molecule has 0 aromatic heterocycles. The first-order valence-corrected chi connectivity index (χ1v) is 34.1. The van der Waals surface area contributed by atoms with Gasteiger partial charge in [-0.3, -0.25) is 4.79 Å². The predicted molar refractivity (Wildman–Crippen MR) is 359 cm³/mol. The fourth-order valence-electron chi connectivity index (χ4n) is 9.83. The van der Waals surface area contributed by atoms with Crippen molar-refractivity contribution in [3.8, 4) is 0 Å². The summed E-state index contributed by atoms with van der Waals surface area (Å²) in [5, 5.41) is 54.7. The van der Waals surface area contributed by atoms with E-state index in [1.165, 1.54) is 122 Å². The van der Waals surface area contributed by atoms with Crippen molar-refractivity contribution in [2.45, 2.75) is 307 Å². The molecule has 1 saturated heterocycles. The molecule has 1 fully saturated rings. The maximum atomic E-state index is 13.1. The van der Waals surface area contributed by atoms with E-state index in [2.05, 4.69) is 153 Å². The lowest BCUT2D eigenvalue weighted by Crippen LogP contribution is -2.60. The summed E-state index contributed by atoms with van der Waals surface area (Å²) in [4.78, 5) is 13.1. The molecule has 6 N–H and O–H groups in total. The van der Waals surface area contributed by atoms with Gasteiger partial charge in [0.25, 0.3) is 0 Å². The average Bonchev–Trinajstić information content (AvgIpc) is 3.70. The molecule has 1 heterocycles. The molecule has 0 aromatic carbocycles. The van der Waals surface area contributed by atoms with Crippen molar-refractivity contribution in [1.29, 1.82) is 0 Å². The molecular weight excluding hydrogens is 1040 g/mol. The average molecular weight is 1170 g/mol. The molecule has 0 aromatic rings. The van der Waals surface area contributed by atoms with Gasteiger partial charge in [-0.2, -0.15) is 0 Å². The van der Waals surface area contributed by atoms with Gasteiger partial charge in [0.2, 0.25) is 5.91 Å². The minimum absolute atomic E-state index is 0.199. The molecule has 7 atom stereocenters. The van der Waals surface area contributed by atoms with E-state index in [-0.39, 0.29) is 12.5 Å². The van der Waals surface area contributed by atoms with Gasteiger partial charge in [0, 0.05) is 6.42 Å². The van der Waals surface area contributed by atoms with Gasteiger partial charge >= 0.3 is 0 Å². The van der Waals surface area contributed by atoms with Gasteiger partial charge in [-0.05, 0) is 116 Å². The van der Waals surface area contributed by atoms with Crippen LogP contribution in [0.5, 0.6) is 0 Å². The molecule has 1 rings (SSSR count). The molecule has 7 unspecified atom stereocenters. The molecule has 1 amide bonds. The van der Waals surface area contributed by atoms with Crippen LogP contribution in [0.25, 0.3) is 0 Å². The number of carbonyl (C=O) groups is 1. The summed E-state index contributed by atoms with van der Waals surface area (Å²) < 4.78 is 11.3. The fourth-order valence-corrected chi connectivity index (χ4v) is 9.83. The molecule has 1 aliphatic rings. The lowest BCUT2D eigenvalue weighted by Gasteiger charge is -2.40. The number of hydrogen-bond donors (Lipinski definition) is 6. The highest BCUT2D eigenvalue weighted by Gasteiger charge is 2.44. The smallest absolute Gasteiger partial charge is 0.220 e. The zero-order valence-corrected chi connectivity index (χ0v) is 53.4. The lowest BCUT2D eigenvalue weighted by molar-refractivity contribution is -0.302. The minimum atomic E-state index is -1.58. The van der Waals surface area contributed by atoms with Crippen molar-refractivity contribution in [1.82, 2.24) is 5.32 Å². The second-order valence-electron chi connectivity index (χ2n) is 22.9. The Kier molecular flexibility index (Phi) is 57.8. The summed E-state index contributed by atoms with van der Waals surface area (Å²) in [6.45, 7) is 3.65. The Labute approximate surface area is 514 Å². The summed E-state index contributed by atoms with van der Waals surface area (Å²) in [6.07, 6.45) is 89.3. The summed E-state index contributed by atoms with van der Waals surface area (Å²) in [5.41, 5.74) is 0. The maximum absolute atomic E-state index is 13.1. The van der Waals surface area contributed by atoms with Gasteiger partial charge in [-0.25, -0.2) is 0 Å². The van der Waals surface area contributed by atoms with Crippen LogP contribution in [0, 0.1) is 0 Å². The summed E-state index contributed by atoms with van der Waals surface area (Å²) in [6, 6.07) is -0.841. The van der Waals surface area contributed by atoms with Gasteiger partial charge < -0.3 is 40.3 Å². The van der Waals surface area contributed by atoms with Gasteiger partial charge in [-0.15, -0.1) is 0 Å². The molecule has 0 aliphatic carbocycles. The first-order valence-electron chi connectivity index (χ1n) is 34.1. The molecule has 84 heavy (non-hydrogen) atoms. The highest BCUT2D eigenvalue weighted by atomic mass is 16.7. The van der Waals surface area contributed by atoms with Crippen LogP contribution in [0.3, 0.4) is 0 Å². The second-order valence-corrected chi connectivity index (χ2v) is 22.9. The highest BCUT2D eigenvalue weighted by Crippen LogP contribution is 2.23. The van der Waals surface area contributed by atoms with Crippen LogP contribution in [0.4, 0.5) is 0 Å². The molecule has 9 heteroatoms. The number of carbonyl (C=O) groups excluding carboxylic acids is 1. The predicted octanol–water partition coefficient (Wildman–Crippen LogP) is 18.6. The summed E-state index contributed by atoms with van der Waals surface area (Å²) in [7, 11) is 0. The molecule has 478 valence electrons. The maximum Gasteiger partial charge on any atom is 0.220 e. The van der Waals surface area contributed by atoms with E-state index >= 15 is 0 Å². The Hall–Kier alpha value is -3.93. The van der Waals surface area contributed by atoms with Gasteiger partial charge in [0.05, 0.1) is 25.4 Å². The Balaban J connectivity index is 2.18. The molecule has 0 bridgehead atoms. The molecule has 9 nitrogen and oxygen atoms in total. The zero-order chi connectivity index (χ0) is 60.7. The Morgan fingerprint density at radius 3 is 1.14 bits per heavy atom. The van der Waals surface area contributed by atoms with Crippen molar-refractivity contribution in [3.05, 3.63) is 146 Å². The fraction of sp³-hybridized carbons (Fsp3) is 0.667. The van der Waals surface area contributed by atoms with Crippen LogP contribution in [-0.2, 0) is 14.3 Å². The third-order valence-corrected chi connectivity index (χ3v) is 15.1. The number of amides is 1. The molecule has 0 saturated carbocycles. The third-order valence-electron chi connectivity index (χ3n) is 15.1. The number of aliphatic hydroxyl groups is 5. The number of nitrogens with one attached hydrogen (secondary N) is 1. The molecular formula is C75H125NO8. The summed E-state index contributed by atoms with van der Waals surface area (Å²) >= 11 is 0. The highest BCUT2D eigenvalue weighted by molar-refractivity contribution is 5.76. The molecule has 1 aliphatic heterocycles. The van der Waals surface area contributed by atoms with E-state index in [0.29, 0.717) is 6.42 Å². The first-order chi connectivity index (χ1) is 41.3. The third kappa shape index (κ3) is 50.2. The quantitative estimate of drug-likeness (QED) is 0.0261. The van der Waals surface area contributed by atoms with Crippen LogP contribution in [-0.4, -0.2) is 87.5 Å². The van der Waals surface area contributed by atoms with Gasteiger partial charge in [0.15, 0.2) is 6.29 Å². The number of ether oxygens (including phenoxy) is 2. The number of rotatable bonds is 57. The standard InChI is InChI=1S/C75H125NO8/c1-3-5-7-9-11-13-15-17-19-21-23-25-27-28-29-30-31-32-33-34-35-36-37-38-39-40-41-42-43-45-47-49-51-53-55-57-59-61-63-65-71(79)76-68(67-83-75-74(82)73(81)72(80)70(66-77)84-75)69(78)64-62-60-58-56-54-52-50-48-46-44-26-24-22-20-18-16-14-12-10-8-6-4-2/h5,7,11,13,17,19,23,25,28-29,31-32,34-35,37-38,40-41,46,48,54,56,62,64,68-70,72-75,77-78,80-82H,3-4,6,8-10,12,14-16,18,20-22,24,26-27,30,33,36,39,42-45,47,49-53,55,57-61,63,65-67H2,1-2H3,(H,76,79)/b7-5-,13-11-,19-17-,25-23-,29-28-,32-31-,35-34-,38-37-,41-40-,48-46+,56-54+,64-62+. The van der Waals surface area contributed by atoms with Crippen LogP contribution in [0.2, 0.25) is 0 Å². The number of hydrogen-bond acceptors (Lipinski definition) is 8. The van der Waals surface area contributed by atoms with E-state index < -0.39 is 49.5 Å². The van der Waals surface area contributed by atoms with Gasteiger partial charge in [-0.1, -0.05) is 288 Å². The zero-order valence-electron chi connectivity index (χ0n) is 53.4. The van der Waals surface area contributed by atoms with Crippen LogP contribution in [0.1, 0.15) is 264 Å². The topological polar surface area (TPSA) is 149 Å². The minimum Gasteiger partial charge on any atom is -0.394 e. The van der Waals surface area contributed by atoms with Crippen molar-refractivity contribution >= 4 is 5.91 Å². The van der Waals surface area contributed by atoms with Gasteiger partial charge in [0.1, 0.15) is 24.4 Å². The normalized spacial score (nSPS) is 19.2. The van der Waals surface area contributed by atoms with Crippen molar-refractivity contribution in [2.75, 3.05) is 13.2 Å². The first kappa shape index (κ1) is 78.1. The second kappa shape index (κ2) is 62.1. The van der Waals surface area contributed by atoms with Crippen molar-refractivity contribution < 1.29 is 39.8 Å². The molecule has 0 spiro atoms.